The summed E-state index contributed by atoms with van der Waals surface area (Å²) in [6.07, 6.45) is 0. The van der Waals surface area contributed by atoms with Crippen LogP contribution in [0.3, 0.4) is 0 Å². The molecule has 1 aromatic heterocycles. The minimum Gasteiger partial charge on any atom is -0.480 e. The van der Waals surface area contributed by atoms with E-state index in [0.29, 0.717) is 5.69 Å². The van der Waals surface area contributed by atoms with Crippen LogP contribution >= 0.6 is 27.3 Å². The number of carboxylic acid groups (broad SMARTS) is 1. The van der Waals surface area contributed by atoms with Crippen LogP contribution < -0.4 is 5.73 Å². The van der Waals surface area contributed by atoms with Gasteiger partial charge in [0.05, 0.1) is 5.69 Å². The first-order valence-corrected chi connectivity index (χ1v) is 6.45. The lowest BCUT2D eigenvalue weighted by molar-refractivity contribution is -0.138. The smallest absolute Gasteiger partial charge is 0.326 e. The van der Waals surface area contributed by atoms with E-state index in [1.807, 2.05) is 24.3 Å². The molecule has 0 spiro atoms. The lowest BCUT2D eigenvalue weighted by Crippen LogP contribution is -2.20. The van der Waals surface area contributed by atoms with Crippen LogP contribution in [-0.2, 0) is 4.79 Å². The first-order chi connectivity index (χ1) is 8.09. The van der Waals surface area contributed by atoms with Crippen molar-refractivity contribution in [1.82, 2.24) is 4.98 Å². The number of hydrogen-bond donors (Lipinski definition) is 2. The fraction of sp³-hybridized carbons (Fsp3) is 0.0909. The van der Waals surface area contributed by atoms with E-state index in [2.05, 4.69) is 20.9 Å². The lowest BCUT2D eigenvalue weighted by Gasteiger charge is -2.01. The van der Waals surface area contributed by atoms with Crippen molar-refractivity contribution in [3.8, 4) is 10.6 Å². The van der Waals surface area contributed by atoms with E-state index in [-0.39, 0.29) is 0 Å². The highest BCUT2D eigenvalue weighted by Gasteiger charge is 2.18. The summed E-state index contributed by atoms with van der Waals surface area (Å²) >= 11 is 4.81. The van der Waals surface area contributed by atoms with Crippen molar-refractivity contribution in [2.24, 2.45) is 5.73 Å². The number of thiazole rings is 1. The molecule has 1 unspecified atom stereocenters. The quantitative estimate of drug-likeness (QED) is 0.913. The molecule has 0 aliphatic carbocycles. The van der Waals surface area contributed by atoms with Gasteiger partial charge in [0, 0.05) is 15.4 Å². The zero-order valence-corrected chi connectivity index (χ0v) is 11.0. The Hall–Kier alpha value is -1.24. The molecule has 1 heterocycles. The van der Waals surface area contributed by atoms with Crippen LogP contribution in [0.2, 0.25) is 0 Å². The SMILES string of the molecule is NC(C(=O)O)c1csc(-c2ccccc2Br)n1. The summed E-state index contributed by atoms with van der Waals surface area (Å²) in [5, 5.41) is 11.2. The van der Waals surface area contributed by atoms with Gasteiger partial charge >= 0.3 is 5.97 Å². The first-order valence-electron chi connectivity index (χ1n) is 4.78. The lowest BCUT2D eigenvalue weighted by atomic mass is 10.2. The topological polar surface area (TPSA) is 76.2 Å². The maximum Gasteiger partial charge on any atom is 0.326 e. The molecule has 0 amide bonds. The Morgan fingerprint density at radius 2 is 2.18 bits per heavy atom. The molecule has 0 bridgehead atoms. The predicted molar refractivity (Wildman–Crippen MR) is 69.8 cm³/mol. The number of hydrogen-bond acceptors (Lipinski definition) is 4. The Morgan fingerprint density at radius 1 is 1.47 bits per heavy atom. The van der Waals surface area contributed by atoms with Crippen LogP contribution in [0.25, 0.3) is 10.6 Å². The molecule has 88 valence electrons. The average Bonchev–Trinajstić information content (AvgIpc) is 2.77. The van der Waals surface area contributed by atoms with Gasteiger partial charge in [0.15, 0.2) is 0 Å². The third-order valence-corrected chi connectivity index (χ3v) is 3.80. The average molecular weight is 313 g/mol. The third-order valence-electron chi connectivity index (χ3n) is 2.21. The van der Waals surface area contributed by atoms with E-state index in [0.717, 1.165) is 15.0 Å². The minimum absolute atomic E-state index is 0.383. The molecule has 1 atom stereocenters. The predicted octanol–water partition coefficient (Wildman–Crippen LogP) is 2.66. The van der Waals surface area contributed by atoms with E-state index < -0.39 is 12.0 Å². The molecule has 0 aliphatic heterocycles. The summed E-state index contributed by atoms with van der Waals surface area (Å²) in [5.74, 6) is -1.08. The van der Waals surface area contributed by atoms with Gasteiger partial charge < -0.3 is 10.8 Å². The number of carboxylic acids is 1. The van der Waals surface area contributed by atoms with Gasteiger partial charge in [0.2, 0.25) is 0 Å². The minimum atomic E-state index is -1.08. The molecule has 4 nitrogen and oxygen atoms in total. The van der Waals surface area contributed by atoms with E-state index in [1.165, 1.54) is 11.3 Å². The first kappa shape index (κ1) is 12.2. The van der Waals surface area contributed by atoms with Gasteiger partial charge in [0.25, 0.3) is 0 Å². The molecule has 17 heavy (non-hydrogen) atoms. The van der Waals surface area contributed by atoms with Crippen LogP contribution in [0.1, 0.15) is 11.7 Å². The number of halogens is 1. The van der Waals surface area contributed by atoms with Crippen LogP contribution in [0.5, 0.6) is 0 Å². The molecular formula is C11H9BrN2O2S. The molecule has 0 radical (unpaired) electrons. The molecule has 6 heteroatoms. The monoisotopic (exact) mass is 312 g/mol. The van der Waals surface area contributed by atoms with Crippen LogP contribution in [0, 0.1) is 0 Å². The number of benzene rings is 1. The Labute approximate surface area is 110 Å². The van der Waals surface area contributed by atoms with Crippen molar-refractivity contribution in [3.05, 3.63) is 39.8 Å². The fourth-order valence-electron chi connectivity index (χ4n) is 1.31. The van der Waals surface area contributed by atoms with Gasteiger partial charge in [-0.15, -0.1) is 11.3 Å². The van der Waals surface area contributed by atoms with Crippen molar-refractivity contribution < 1.29 is 9.90 Å². The second-order valence-corrected chi connectivity index (χ2v) is 5.09. The van der Waals surface area contributed by atoms with Crippen molar-refractivity contribution in [1.29, 1.82) is 0 Å². The van der Waals surface area contributed by atoms with Crippen molar-refractivity contribution in [3.63, 3.8) is 0 Å². The van der Waals surface area contributed by atoms with Gasteiger partial charge in [-0.1, -0.05) is 34.1 Å². The van der Waals surface area contributed by atoms with Gasteiger partial charge in [-0.05, 0) is 6.07 Å². The molecule has 1 aromatic carbocycles. The molecule has 2 aromatic rings. The Morgan fingerprint density at radius 3 is 2.82 bits per heavy atom. The van der Waals surface area contributed by atoms with Gasteiger partial charge in [-0.3, -0.25) is 4.79 Å². The van der Waals surface area contributed by atoms with E-state index in [1.54, 1.807) is 5.38 Å². The maximum atomic E-state index is 10.7. The summed E-state index contributed by atoms with van der Waals surface area (Å²) in [7, 11) is 0. The molecule has 0 saturated carbocycles. The Kier molecular flexibility index (Phi) is 3.56. The molecule has 0 fully saturated rings. The summed E-state index contributed by atoms with van der Waals surface area (Å²) in [5.41, 5.74) is 6.81. The van der Waals surface area contributed by atoms with Crippen LogP contribution in [0.15, 0.2) is 34.1 Å². The summed E-state index contributed by atoms with van der Waals surface area (Å²) < 4.78 is 0.921. The molecule has 2 rings (SSSR count). The van der Waals surface area contributed by atoms with Gasteiger partial charge in [-0.25, -0.2) is 4.98 Å². The van der Waals surface area contributed by atoms with Gasteiger partial charge in [0.1, 0.15) is 11.0 Å². The van der Waals surface area contributed by atoms with Crippen LogP contribution in [-0.4, -0.2) is 16.1 Å². The van der Waals surface area contributed by atoms with Gasteiger partial charge in [-0.2, -0.15) is 0 Å². The molecule has 0 aliphatic rings. The Balaban J connectivity index is 2.37. The normalized spacial score (nSPS) is 12.4. The standard InChI is InChI=1S/C11H9BrN2O2S/c12-7-4-2-1-3-6(7)10-14-8(5-17-10)9(13)11(15)16/h1-5,9H,13H2,(H,15,16). The number of carbonyl (C=O) groups is 1. The summed E-state index contributed by atoms with van der Waals surface area (Å²) in [4.78, 5) is 15.0. The zero-order chi connectivity index (χ0) is 12.4. The number of nitrogens with zero attached hydrogens (tertiary/aromatic N) is 1. The third kappa shape index (κ3) is 2.54. The van der Waals surface area contributed by atoms with Crippen molar-refractivity contribution in [2.75, 3.05) is 0 Å². The number of aliphatic carboxylic acids is 1. The number of nitrogens with two attached hydrogens (primary N) is 1. The summed E-state index contributed by atoms with van der Waals surface area (Å²) in [6.45, 7) is 0. The Bertz CT molecular complexity index is 556. The highest BCUT2D eigenvalue weighted by molar-refractivity contribution is 9.10. The molecule has 0 saturated heterocycles. The highest BCUT2D eigenvalue weighted by Crippen LogP contribution is 2.31. The molecule has 3 N–H and O–H groups in total. The van der Waals surface area contributed by atoms with Crippen molar-refractivity contribution >= 4 is 33.2 Å². The van der Waals surface area contributed by atoms with E-state index >= 15 is 0 Å². The number of aromatic nitrogens is 1. The maximum absolute atomic E-state index is 10.7. The van der Waals surface area contributed by atoms with Crippen LogP contribution in [0.4, 0.5) is 0 Å². The fourth-order valence-corrected chi connectivity index (χ4v) is 2.81. The van der Waals surface area contributed by atoms with Crippen molar-refractivity contribution in [2.45, 2.75) is 6.04 Å². The second-order valence-electron chi connectivity index (χ2n) is 3.37. The highest BCUT2D eigenvalue weighted by atomic mass is 79.9. The second kappa shape index (κ2) is 4.95. The number of rotatable bonds is 3. The molecular weight excluding hydrogens is 304 g/mol. The van der Waals surface area contributed by atoms with E-state index in [4.69, 9.17) is 10.8 Å². The largest absolute Gasteiger partial charge is 0.480 e. The van der Waals surface area contributed by atoms with E-state index in [9.17, 15) is 4.79 Å². The zero-order valence-electron chi connectivity index (χ0n) is 8.63. The summed E-state index contributed by atoms with van der Waals surface area (Å²) in [6, 6.07) is 6.57.